The van der Waals surface area contributed by atoms with E-state index in [1.54, 1.807) is 11.8 Å². The number of benzene rings is 1. The molecule has 0 saturated carbocycles. The summed E-state index contributed by atoms with van der Waals surface area (Å²) in [7, 11) is 1.69. The van der Waals surface area contributed by atoms with Crippen molar-refractivity contribution in [3.05, 3.63) is 46.1 Å². The zero-order chi connectivity index (χ0) is 22.1. The van der Waals surface area contributed by atoms with Crippen LogP contribution < -0.4 is 21.1 Å². The Morgan fingerprint density at radius 1 is 1.26 bits per heavy atom. The Bertz CT molecular complexity index is 900. The molecule has 8 nitrogen and oxygen atoms in total. The SMILES string of the molecule is CCNC(=NCCCn1nc2n(c1=O)CCCC2)NCCC(C)c1ccc(OC)cc1. The molecule has 0 aliphatic carbocycles. The van der Waals surface area contributed by atoms with Gasteiger partial charge in [-0.2, -0.15) is 5.10 Å². The third kappa shape index (κ3) is 6.35. The molecule has 0 bridgehead atoms. The molecule has 0 radical (unpaired) electrons. The molecule has 2 N–H and O–H groups in total. The number of ether oxygens (including phenoxy) is 1. The van der Waals surface area contributed by atoms with Gasteiger partial charge in [-0.15, -0.1) is 0 Å². The van der Waals surface area contributed by atoms with Gasteiger partial charge >= 0.3 is 5.69 Å². The van der Waals surface area contributed by atoms with Crippen molar-refractivity contribution in [2.75, 3.05) is 26.7 Å². The van der Waals surface area contributed by atoms with E-state index in [-0.39, 0.29) is 5.69 Å². The number of nitrogens with zero attached hydrogens (tertiary/aromatic N) is 4. The van der Waals surface area contributed by atoms with Crippen molar-refractivity contribution in [3.63, 3.8) is 0 Å². The van der Waals surface area contributed by atoms with Crippen LogP contribution in [0.25, 0.3) is 0 Å². The molecule has 1 aliphatic heterocycles. The lowest BCUT2D eigenvalue weighted by molar-refractivity contribution is 0.414. The standard InChI is InChI=1S/C23H36N6O2/c1-4-24-22(26-15-13-18(2)19-9-11-20(31-3)12-10-19)25-14-7-17-29-23(30)28-16-6-5-8-21(28)27-29/h9-12,18H,4-8,13-17H2,1-3H3,(H2,24,25,26). The Morgan fingerprint density at radius 2 is 2.06 bits per heavy atom. The molecule has 0 spiro atoms. The fourth-order valence-corrected chi connectivity index (χ4v) is 3.85. The van der Waals surface area contributed by atoms with Crippen LogP contribution in [0.3, 0.4) is 0 Å². The van der Waals surface area contributed by atoms with Gasteiger partial charge in [-0.05, 0) is 56.2 Å². The molecule has 3 rings (SSSR count). The van der Waals surface area contributed by atoms with E-state index in [2.05, 4.69) is 46.7 Å². The normalized spacial score (nSPS) is 14.7. The van der Waals surface area contributed by atoms with Crippen LogP contribution >= 0.6 is 0 Å². The Balaban J connectivity index is 1.44. The number of rotatable bonds is 10. The van der Waals surface area contributed by atoms with E-state index in [0.717, 1.165) is 69.3 Å². The molecular formula is C23H36N6O2. The number of aryl methyl sites for hydroxylation is 2. The fourth-order valence-electron chi connectivity index (χ4n) is 3.85. The number of guanidine groups is 1. The fraction of sp³-hybridized carbons (Fsp3) is 0.609. The van der Waals surface area contributed by atoms with Gasteiger partial charge in [0.05, 0.1) is 7.11 Å². The van der Waals surface area contributed by atoms with Crippen LogP contribution in [-0.4, -0.2) is 47.1 Å². The number of fused-ring (bicyclic) bond motifs is 1. The summed E-state index contributed by atoms with van der Waals surface area (Å²) in [5.41, 5.74) is 1.33. The lowest BCUT2D eigenvalue weighted by Gasteiger charge is -2.15. The van der Waals surface area contributed by atoms with E-state index >= 15 is 0 Å². The highest BCUT2D eigenvalue weighted by molar-refractivity contribution is 5.79. The summed E-state index contributed by atoms with van der Waals surface area (Å²) in [5, 5.41) is 11.2. The second-order valence-corrected chi connectivity index (χ2v) is 8.03. The Labute approximate surface area is 184 Å². The van der Waals surface area contributed by atoms with Crippen LogP contribution in [0.2, 0.25) is 0 Å². The van der Waals surface area contributed by atoms with Gasteiger partial charge in [-0.1, -0.05) is 19.1 Å². The molecular weight excluding hydrogens is 392 g/mol. The summed E-state index contributed by atoms with van der Waals surface area (Å²) in [4.78, 5) is 17.1. The zero-order valence-electron chi connectivity index (χ0n) is 19.1. The highest BCUT2D eigenvalue weighted by atomic mass is 16.5. The molecule has 1 atom stereocenters. The van der Waals surface area contributed by atoms with Gasteiger partial charge in [0.25, 0.3) is 0 Å². The second-order valence-electron chi connectivity index (χ2n) is 8.03. The first-order valence-electron chi connectivity index (χ1n) is 11.4. The molecule has 2 heterocycles. The Kier molecular flexibility index (Phi) is 8.55. The first kappa shape index (κ1) is 22.9. The largest absolute Gasteiger partial charge is 0.497 e. The van der Waals surface area contributed by atoms with Crippen molar-refractivity contribution >= 4 is 5.96 Å². The van der Waals surface area contributed by atoms with Crippen LogP contribution in [0.5, 0.6) is 5.75 Å². The van der Waals surface area contributed by atoms with E-state index in [0.29, 0.717) is 19.0 Å². The molecule has 0 saturated heterocycles. The summed E-state index contributed by atoms with van der Waals surface area (Å²) in [6.45, 7) is 8.01. The third-order valence-corrected chi connectivity index (χ3v) is 5.73. The van der Waals surface area contributed by atoms with Gasteiger partial charge < -0.3 is 15.4 Å². The molecule has 170 valence electrons. The summed E-state index contributed by atoms with van der Waals surface area (Å²) in [6, 6.07) is 8.26. The third-order valence-electron chi connectivity index (χ3n) is 5.73. The maximum Gasteiger partial charge on any atom is 0.345 e. The molecule has 1 unspecified atom stereocenters. The van der Waals surface area contributed by atoms with Crippen molar-refractivity contribution in [3.8, 4) is 5.75 Å². The van der Waals surface area contributed by atoms with E-state index < -0.39 is 0 Å². The maximum atomic E-state index is 12.4. The van der Waals surface area contributed by atoms with E-state index in [1.807, 2.05) is 16.7 Å². The smallest absolute Gasteiger partial charge is 0.345 e. The van der Waals surface area contributed by atoms with Crippen molar-refractivity contribution in [1.82, 2.24) is 25.0 Å². The number of nitrogens with one attached hydrogen (secondary N) is 2. The van der Waals surface area contributed by atoms with Crippen molar-refractivity contribution in [2.24, 2.45) is 4.99 Å². The monoisotopic (exact) mass is 428 g/mol. The topological polar surface area (TPSA) is 85.5 Å². The number of hydrogen-bond donors (Lipinski definition) is 2. The zero-order valence-corrected chi connectivity index (χ0v) is 19.1. The predicted molar refractivity (Wildman–Crippen MR) is 124 cm³/mol. The molecule has 1 aromatic carbocycles. The average Bonchev–Trinajstić information content (AvgIpc) is 3.12. The minimum Gasteiger partial charge on any atom is -0.497 e. The molecule has 31 heavy (non-hydrogen) atoms. The maximum absolute atomic E-state index is 12.4. The number of aromatic nitrogens is 3. The first-order valence-corrected chi connectivity index (χ1v) is 11.4. The molecule has 0 fully saturated rings. The number of hydrogen-bond acceptors (Lipinski definition) is 4. The van der Waals surface area contributed by atoms with Crippen molar-refractivity contribution < 1.29 is 4.74 Å². The van der Waals surface area contributed by atoms with Gasteiger partial charge in [0.1, 0.15) is 11.6 Å². The number of aliphatic imine (C=N–C) groups is 1. The van der Waals surface area contributed by atoms with Crippen molar-refractivity contribution in [1.29, 1.82) is 0 Å². The highest BCUT2D eigenvalue weighted by Gasteiger charge is 2.16. The summed E-state index contributed by atoms with van der Waals surface area (Å²) < 4.78 is 8.66. The van der Waals surface area contributed by atoms with Crippen LogP contribution in [0, 0.1) is 0 Å². The van der Waals surface area contributed by atoms with E-state index in [1.165, 1.54) is 5.56 Å². The van der Waals surface area contributed by atoms with Crippen LogP contribution in [0.1, 0.15) is 56.8 Å². The number of methoxy groups -OCH3 is 1. The van der Waals surface area contributed by atoms with Gasteiger partial charge in [0.15, 0.2) is 5.96 Å². The van der Waals surface area contributed by atoms with Gasteiger partial charge in [0, 0.05) is 39.1 Å². The lowest BCUT2D eigenvalue weighted by Crippen LogP contribution is -2.38. The van der Waals surface area contributed by atoms with Crippen LogP contribution in [-0.2, 0) is 19.5 Å². The molecule has 2 aromatic rings. The first-order chi connectivity index (χ1) is 15.1. The highest BCUT2D eigenvalue weighted by Crippen LogP contribution is 2.21. The summed E-state index contributed by atoms with van der Waals surface area (Å²) in [5.74, 6) is 3.08. The predicted octanol–water partition coefficient (Wildman–Crippen LogP) is 2.53. The van der Waals surface area contributed by atoms with E-state index in [4.69, 9.17) is 4.74 Å². The molecule has 8 heteroatoms. The van der Waals surface area contributed by atoms with Gasteiger partial charge in [-0.3, -0.25) is 9.56 Å². The molecule has 1 aliphatic rings. The Morgan fingerprint density at radius 3 is 2.77 bits per heavy atom. The quantitative estimate of drug-likeness (QED) is 0.345. The van der Waals surface area contributed by atoms with Crippen molar-refractivity contribution in [2.45, 2.75) is 65.0 Å². The molecule has 0 amide bonds. The molecule has 1 aromatic heterocycles. The van der Waals surface area contributed by atoms with Gasteiger partial charge in [-0.25, -0.2) is 9.48 Å². The lowest BCUT2D eigenvalue weighted by atomic mass is 9.98. The summed E-state index contributed by atoms with van der Waals surface area (Å²) in [6.07, 6.45) is 4.89. The van der Waals surface area contributed by atoms with Gasteiger partial charge in [0.2, 0.25) is 0 Å². The van der Waals surface area contributed by atoms with Crippen LogP contribution in [0.15, 0.2) is 34.1 Å². The van der Waals surface area contributed by atoms with E-state index in [9.17, 15) is 4.79 Å². The minimum atomic E-state index is 0.0243. The second kappa shape index (κ2) is 11.6. The Hall–Kier alpha value is -2.77. The average molecular weight is 429 g/mol. The summed E-state index contributed by atoms with van der Waals surface area (Å²) >= 11 is 0. The van der Waals surface area contributed by atoms with Crippen LogP contribution in [0.4, 0.5) is 0 Å². The minimum absolute atomic E-state index is 0.0243.